The first-order valence-electron chi connectivity index (χ1n) is 7.51. The van der Waals surface area contributed by atoms with E-state index in [-0.39, 0.29) is 30.8 Å². The molecule has 1 aromatic carbocycles. The lowest BCUT2D eigenvalue weighted by Gasteiger charge is -2.22. The summed E-state index contributed by atoms with van der Waals surface area (Å²) in [7, 11) is 0. The Morgan fingerprint density at radius 1 is 1.26 bits per heavy atom. The van der Waals surface area contributed by atoms with Gasteiger partial charge in [-0.15, -0.1) is 0 Å². The summed E-state index contributed by atoms with van der Waals surface area (Å²) < 4.78 is 0. The topological polar surface area (TPSA) is 77.9 Å². The summed E-state index contributed by atoms with van der Waals surface area (Å²) in [5.41, 5.74) is 1.80. The molecular weight excluding hydrogens is 296 g/mol. The van der Waals surface area contributed by atoms with Crippen molar-refractivity contribution in [2.75, 3.05) is 19.6 Å². The molecule has 0 aliphatic carbocycles. The van der Waals surface area contributed by atoms with Crippen LogP contribution in [0.15, 0.2) is 30.8 Å². The van der Waals surface area contributed by atoms with Gasteiger partial charge in [-0.1, -0.05) is 31.7 Å². The van der Waals surface area contributed by atoms with Crippen LogP contribution in [0.2, 0.25) is 0 Å². The average Bonchev–Trinajstić information content (AvgIpc) is 3.02. The highest BCUT2D eigenvalue weighted by Crippen LogP contribution is 2.31. The highest BCUT2D eigenvalue weighted by molar-refractivity contribution is 6.10. The molecule has 3 rings (SSSR count). The van der Waals surface area contributed by atoms with Crippen LogP contribution in [0.3, 0.4) is 0 Å². The summed E-state index contributed by atoms with van der Waals surface area (Å²) in [6.07, 6.45) is 0. The van der Waals surface area contributed by atoms with Gasteiger partial charge in [0.15, 0.2) is 0 Å². The number of carboxylic acid groups (broad SMARTS) is 1. The molecule has 1 N–H and O–H groups in total. The van der Waals surface area contributed by atoms with Gasteiger partial charge in [0, 0.05) is 29.9 Å². The molecule has 0 unspecified atom stereocenters. The van der Waals surface area contributed by atoms with E-state index in [0.717, 1.165) is 5.56 Å². The number of carbonyl (C=O) groups excluding carboxylic acids is 2. The van der Waals surface area contributed by atoms with E-state index >= 15 is 0 Å². The molecule has 1 fully saturated rings. The Bertz CT molecular complexity index is 677. The van der Waals surface area contributed by atoms with Crippen LogP contribution in [0.4, 0.5) is 0 Å². The monoisotopic (exact) mass is 314 g/mol. The predicted octanol–water partition coefficient (Wildman–Crippen LogP) is 1.29. The van der Waals surface area contributed by atoms with E-state index in [1.165, 1.54) is 9.80 Å². The van der Waals surface area contributed by atoms with Crippen LogP contribution >= 0.6 is 0 Å². The van der Waals surface area contributed by atoms with E-state index < -0.39 is 11.9 Å². The Kier molecular flexibility index (Phi) is 3.67. The van der Waals surface area contributed by atoms with Crippen molar-refractivity contribution in [3.8, 4) is 0 Å². The summed E-state index contributed by atoms with van der Waals surface area (Å²) in [6.45, 7) is 6.21. The molecule has 0 radical (unpaired) electrons. The average molecular weight is 314 g/mol. The van der Waals surface area contributed by atoms with Gasteiger partial charge in [0.2, 0.25) is 5.91 Å². The molecule has 2 amide bonds. The third-order valence-corrected chi connectivity index (χ3v) is 4.61. The Morgan fingerprint density at radius 3 is 2.48 bits per heavy atom. The minimum absolute atomic E-state index is 0.0915. The third-order valence-electron chi connectivity index (χ3n) is 4.61. The van der Waals surface area contributed by atoms with Gasteiger partial charge in [-0.3, -0.25) is 19.3 Å². The lowest BCUT2D eigenvalue weighted by molar-refractivity contribution is -0.142. The number of fused-ring (bicyclic) bond motifs is 1. The molecule has 0 bridgehead atoms. The number of rotatable bonds is 3. The summed E-state index contributed by atoms with van der Waals surface area (Å²) in [5.74, 6) is -2.01. The van der Waals surface area contributed by atoms with E-state index in [2.05, 4.69) is 6.58 Å². The third kappa shape index (κ3) is 2.50. The maximum Gasteiger partial charge on any atom is 0.308 e. The van der Waals surface area contributed by atoms with Crippen LogP contribution in [-0.4, -0.2) is 52.3 Å². The van der Waals surface area contributed by atoms with Crippen molar-refractivity contribution >= 4 is 23.5 Å². The zero-order valence-electron chi connectivity index (χ0n) is 12.9. The van der Waals surface area contributed by atoms with Crippen molar-refractivity contribution in [1.29, 1.82) is 0 Å². The van der Waals surface area contributed by atoms with Gasteiger partial charge in [0.1, 0.15) is 6.54 Å². The SMILES string of the molecule is C=C1c2ccccc2C(=O)N1CC(=O)N1C[C@@H](C)[C@H](C(=O)O)C1. The molecule has 2 aliphatic rings. The molecule has 2 heterocycles. The van der Waals surface area contributed by atoms with Gasteiger partial charge in [-0.2, -0.15) is 0 Å². The molecule has 2 aliphatic heterocycles. The Balaban J connectivity index is 1.72. The van der Waals surface area contributed by atoms with Gasteiger partial charge in [0.25, 0.3) is 5.91 Å². The van der Waals surface area contributed by atoms with Crippen molar-refractivity contribution in [2.24, 2.45) is 11.8 Å². The lowest BCUT2D eigenvalue weighted by atomic mass is 9.99. The molecule has 2 atom stereocenters. The van der Waals surface area contributed by atoms with Crippen molar-refractivity contribution in [3.05, 3.63) is 42.0 Å². The fraction of sp³-hybridized carbons (Fsp3) is 0.353. The number of hydrogen-bond acceptors (Lipinski definition) is 3. The minimum atomic E-state index is -0.887. The summed E-state index contributed by atoms with van der Waals surface area (Å²) in [4.78, 5) is 38.9. The van der Waals surface area contributed by atoms with Gasteiger partial charge in [-0.05, 0) is 12.0 Å². The van der Waals surface area contributed by atoms with E-state index in [4.69, 9.17) is 5.11 Å². The Morgan fingerprint density at radius 2 is 1.91 bits per heavy atom. The molecule has 120 valence electrons. The van der Waals surface area contributed by atoms with E-state index in [1.807, 2.05) is 13.0 Å². The number of carboxylic acids is 1. The highest BCUT2D eigenvalue weighted by Gasteiger charge is 2.39. The maximum atomic E-state index is 12.5. The van der Waals surface area contributed by atoms with Gasteiger partial charge in [-0.25, -0.2) is 0 Å². The number of aliphatic carboxylic acids is 1. The normalized spacial score (nSPS) is 23.3. The van der Waals surface area contributed by atoms with Crippen LogP contribution in [0.25, 0.3) is 5.70 Å². The van der Waals surface area contributed by atoms with E-state index in [0.29, 0.717) is 17.8 Å². The molecule has 0 saturated carbocycles. The molecule has 23 heavy (non-hydrogen) atoms. The highest BCUT2D eigenvalue weighted by atomic mass is 16.4. The summed E-state index contributed by atoms with van der Waals surface area (Å²) in [5, 5.41) is 9.15. The maximum absolute atomic E-state index is 12.5. The number of benzene rings is 1. The number of nitrogens with zero attached hydrogens (tertiary/aromatic N) is 2. The molecule has 0 aromatic heterocycles. The number of amides is 2. The quantitative estimate of drug-likeness (QED) is 0.912. The number of likely N-dealkylation sites (tertiary alicyclic amines) is 1. The van der Waals surface area contributed by atoms with Crippen LogP contribution in [0.1, 0.15) is 22.8 Å². The summed E-state index contributed by atoms with van der Waals surface area (Å²) >= 11 is 0. The zero-order chi connectivity index (χ0) is 16.7. The Labute approximate surface area is 134 Å². The molecule has 1 aromatic rings. The van der Waals surface area contributed by atoms with Crippen LogP contribution in [0, 0.1) is 11.8 Å². The largest absolute Gasteiger partial charge is 0.481 e. The fourth-order valence-corrected chi connectivity index (χ4v) is 3.23. The van der Waals surface area contributed by atoms with Gasteiger partial charge in [0.05, 0.1) is 5.92 Å². The molecule has 1 saturated heterocycles. The Hall–Kier alpha value is -2.63. The van der Waals surface area contributed by atoms with Gasteiger partial charge < -0.3 is 10.0 Å². The molecular formula is C17H18N2O4. The van der Waals surface area contributed by atoms with Crippen molar-refractivity contribution in [1.82, 2.24) is 9.80 Å². The minimum Gasteiger partial charge on any atom is -0.481 e. The van der Waals surface area contributed by atoms with Crippen LogP contribution in [0.5, 0.6) is 0 Å². The van der Waals surface area contributed by atoms with E-state index in [1.54, 1.807) is 18.2 Å². The number of carbonyl (C=O) groups is 3. The van der Waals surface area contributed by atoms with Crippen LogP contribution in [-0.2, 0) is 9.59 Å². The van der Waals surface area contributed by atoms with Crippen molar-refractivity contribution < 1.29 is 19.5 Å². The smallest absolute Gasteiger partial charge is 0.308 e. The molecule has 6 heteroatoms. The van der Waals surface area contributed by atoms with E-state index in [9.17, 15) is 14.4 Å². The van der Waals surface area contributed by atoms with Crippen molar-refractivity contribution in [3.63, 3.8) is 0 Å². The fourth-order valence-electron chi connectivity index (χ4n) is 3.23. The molecule has 6 nitrogen and oxygen atoms in total. The second-order valence-corrected chi connectivity index (χ2v) is 6.10. The second kappa shape index (κ2) is 5.53. The lowest BCUT2D eigenvalue weighted by Crippen LogP contribution is -2.39. The zero-order valence-corrected chi connectivity index (χ0v) is 12.9. The van der Waals surface area contributed by atoms with Crippen molar-refractivity contribution in [2.45, 2.75) is 6.92 Å². The first kappa shape index (κ1) is 15.3. The second-order valence-electron chi connectivity index (χ2n) is 6.10. The molecule has 0 spiro atoms. The number of hydrogen-bond donors (Lipinski definition) is 1. The first-order valence-corrected chi connectivity index (χ1v) is 7.51. The van der Waals surface area contributed by atoms with Gasteiger partial charge >= 0.3 is 5.97 Å². The standard InChI is InChI=1S/C17H18N2O4/c1-10-7-18(8-14(10)17(22)23)15(20)9-19-11(2)12-5-3-4-6-13(12)16(19)21/h3-6,10,14H,2,7-9H2,1H3,(H,22,23)/t10-,14-/m1/s1. The predicted molar refractivity (Wildman–Crippen MR) is 83.4 cm³/mol. The summed E-state index contributed by atoms with van der Waals surface area (Å²) in [6, 6.07) is 7.11. The van der Waals surface area contributed by atoms with Crippen LogP contribution < -0.4 is 0 Å². The first-order chi connectivity index (χ1) is 10.9.